The number of carbonyl (C=O) groups is 3. The van der Waals surface area contributed by atoms with Gasteiger partial charge in [-0.3, -0.25) is 14.4 Å². The van der Waals surface area contributed by atoms with Crippen molar-refractivity contribution in [3.63, 3.8) is 0 Å². The Morgan fingerprint density at radius 2 is 1.94 bits per heavy atom. The van der Waals surface area contributed by atoms with E-state index in [0.717, 1.165) is 12.8 Å². The number of ether oxygens (including phenoxy) is 3. The molecule has 4 atom stereocenters. The van der Waals surface area contributed by atoms with Crippen molar-refractivity contribution in [1.82, 2.24) is 5.32 Å². The number of benzene rings is 1. The second-order valence-electron chi connectivity index (χ2n) is 8.78. The smallest absolute Gasteiger partial charge is 0.311 e. The Morgan fingerprint density at radius 1 is 1.16 bits per heavy atom. The van der Waals surface area contributed by atoms with Gasteiger partial charge in [-0.25, -0.2) is 0 Å². The lowest BCUT2D eigenvalue weighted by Crippen LogP contribution is -2.45. The molecule has 0 aromatic heterocycles. The van der Waals surface area contributed by atoms with E-state index in [1.165, 1.54) is 6.42 Å². The highest BCUT2D eigenvalue weighted by molar-refractivity contribution is 5.99. The Labute approximate surface area is 182 Å². The van der Waals surface area contributed by atoms with Crippen molar-refractivity contribution in [2.45, 2.75) is 45.6 Å². The number of esters is 1. The first kappa shape index (κ1) is 21.5. The van der Waals surface area contributed by atoms with Gasteiger partial charge in [0.2, 0.25) is 5.91 Å². The fourth-order valence-electron chi connectivity index (χ4n) is 4.60. The maximum Gasteiger partial charge on any atom is 0.311 e. The van der Waals surface area contributed by atoms with Crippen molar-refractivity contribution in [3.8, 4) is 11.5 Å². The van der Waals surface area contributed by atoms with Crippen LogP contribution in [0.25, 0.3) is 0 Å². The monoisotopic (exact) mass is 430 g/mol. The first-order valence-corrected chi connectivity index (χ1v) is 11.1. The van der Waals surface area contributed by atoms with Crippen LogP contribution in [0.2, 0.25) is 0 Å². The molecule has 2 amide bonds. The minimum Gasteiger partial charge on any atom is -0.486 e. The summed E-state index contributed by atoms with van der Waals surface area (Å²) in [5, 5.41) is 3.00. The third-order valence-electron chi connectivity index (χ3n) is 6.69. The second kappa shape index (κ2) is 9.16. The standard InChI is InChI=1S/C23H30N2O6/c1-14-4-3-5-18(15(14)2)24-21(26)13-31-23(28)16-10-22(27)25(12-16)17-6-7-19-20(11-17)30-9-8-29-19/h6-7,11,14-16,18H,3-5,8-10,12-13H2,1-2H3,(H,24,26)/t14-,15+,16-,18-/m0/s1. The van der Waals surface area contributed by atoms with Crippen LogP contribution in [0.4, 0.5) is 5.69 Å². The van der Waals surface area contributed by atoms with Crippen LogP contribution in [0, 0.1) is 17.8 Å². The Balaban J connectivity index is 1.29. The quantitative estimate of drug-likeness (QED) is 0.721. The summed E-state index contributed by atoms with van der Waals surface area (Å²) >= 11 is 0. The van der Waals surface area contributed by atoms with Gasteiger partial charge in [-0.05, 0) is 30.4 Å². The molecule has 1 aromatic rings. The van der Waals surface area contributed by atoms with Crippen molar-refractivity contribution in [3.05, 3.63) is 18.2 Å². The van der Waals surface area contributed by atoms with Crippen LogP contribution in [-0.4, -0.2) is 50.2 Å². The molecule has 1 aromatic carbocycles. The van der Waals surface area contributed by atoms with Crippen LogP contribution < -0.4 is 19.7 Å². The first-order chi connectivity index (χ1) is 14.9. The van der Waals surface area contributed by atoms with Crippen molar-refractivity contribution < 1.29 is 28.6 Å². The van der Waals surface area contributed by atoms with E-state index >= 15 is 0 Å². The SMILES string of the molecule is C[C@H]1[C@@H](NC(=O)COC(=O)[C@H]2CC(=O)N(c3ccc4c(c3)OCCO4)C2)CCC[C@@H]1C. The highest BCUT2D eigenvalue weighted by Gasteiger charge is 2.37. The van der Waals surface area contributed by atoms with Gasteiger partial charge in [-0.1, -0.05) is 26.7 Å². The van der Waals surface area contributed by atoms with E-state index in [1.54, 1.807) is 23.1 Å². The van der Waals surface area contributed by atoms with Crippen LogP contribution >= 0.6 is 0 Å². The Morgan fingerprint density at radius 3 is 2.74 bits per heavy atom. The van der Waals surface area contributed by atoms with Crippen LogP contribution in [0.3, 0.4) is 0 Å². The summed E-state index contributed by atoms with van der Waals surface area (Å²) in [5.41, 5.74) is 0.655. The van der Waals surface area contributed by atoms with E-state index < -0.39 is 11.9 Å². The van der Waals surface area contributed by atoms with Gasteiger partial charge in [0.15, 0.2) is 18.1 Å². The van der Waals surface area contributed by atoms with Gasteiger partial charge in [-0.2, -0.15) is 0 Å². The average Bonchev–Trinajstić information content (AvgIpc) is 3.16. The van der Waals surface area contributed by atoms with Gasteiger partial charge < -0.3 is 24.4 Å². The lowest BCUT2D eigenvalue weighted by molar-refractivity contribution is -0.152. The van der Waals surface area contributed by atoms with E-state index in [4.69, 9.17) is 14.2 Å². The van der Waals surface area contributed by atoms with Gasteiger partial charge in [0, 0.05) is 30.8 Å². The fraction of sp³-hybridized carbons (Fsp3) is 0.609. The van der Waals surface area contributed by atoms with Crippen LogP contribution in [-0.2, 0) is 19.1 Å². The number of hydrogen-bond acceptors (Lipinski definition) is 6. The third-order valence-corrected chi connectivity index (χ3v) is 6.69. The number of carbonyl (C=O) groups excluding carboxylic acids is 3. The summed E-state index contributed by atoms with van der Waals surface area (Å²) in [6.45, 7) is 5.21. The Kier molecular flexibility index (Phi) is 6.34. The number of nitrogens with one attached hydrogen (secondary N) is 1. The molecule has 1 aliphatic carbocycles. The third kappa shape index (κ3) is 4.78. The second-order valence-corrected chi connectivity index (χ2v) is 8.78. The molecule has 3 aliphatic rings. The molecule has 4 rings (SSSR count). The molecular formula is C23H30N2O6. The van der Waals surface area contributed by atoms with Crippen LogP contribution in [0.15, 0.2) is 18.2 Å². The van der Waals surface area contributed by atoms with E-state index in [2.05, 4.69) is 19.2 Å². The summed E-state index contributed by atoms with van der Waals surface area (Å²) in [6.07, 6.45) is 3.28. The lowest BCUT2D eigenvalue weighted by Gasteiger charge is -2.34. The molecule has 31 heavy (non-hydrogen) atoms. The van der Waals surface area contributed by atoms with Gasteiger partial charge >= 0.3 is 5.97 Å². The first-order valence-electron chi connectivity index (χ1n) is 11.1. The van der Waals surface area contributed by atoms with Crippen molar-refractivity contribution in [2.75, 3.05) is 31.3 Å². The van der Waals surface area contributed by atoms with Gasteiger partial charge in [0.25, 0.3) is 5.91 Å². The zero-order valence-electron chi connectivity index (χ0n) is 18.1. The van der Waals surface area contributed by atoms with E-state index in [-0.39, 0.29) is 37.4 Å². The number of rotatable bonds is 5. The van der Waals surface area contributed by atoms with E-state index in [1.807, 2.05) is 0 Å². The summed E-state index contributed by atoms with van der Waals surface area (Å²) < 4.78 is 16.3. The highest BCUT2D eigenvalue weighted by atomic mass is 16.6. The van der Waals surface area contributed by atoms with Crippen LogP contribution in [0.5, 0.6) is 11.5 Å². The molecule has 2 fully saturated rings. The molecule has 8 nitrogen and oxygen atoms in total. The molecule has 8 heteroatoms. The number of nitrogens with zero attached hydrogens (tertiary/aromatic N) is 1. The topological polar surface area (TPSA) is 94.2 Å². The Hall–Kier alpha value is -2.77. The van der Waals surface area contributed by atoms with E-state index in [9.17, 15) is 14.4 Å². The molecule has 0 bridgehead atoms. The minimum absolute atomic E-state index is 0.0616. The zero-order valence-corrected chi connectivity index (χ0v) is 18.1. The summed E-state index contributed by atoms with van der Waals surface area (Å²) in [6, 6.07) is 5.41. The number of amides is 2. The van der Waals surface area contributed by atoms with Crippen LogP contribution in [0.1, 0.15) is 39.5 Å². The number of hydrogen-bond donors (Lipinski definition) is 1. The fourth-order valence-corrected chi connectivity index (χ4v) is 4.60. The molecule has 1 saturated carbocycles. The predicted molar refractivity (Wildman–Crippen MR) is 113 cm³/mol. The largest absolute Gasteiger partial charge is 0.486 e. The van der Waals surface area contributed by atoms with Crippen molar-refractivity contribution in [1.29, 1.82) is 0 Å². The predicted octanol–water partition coefficient (Wildman–Crippen LogP) is 2.29. The molecule has 168 valence electrons. The molecule has 0 radical (unpaired) electrons. The Bertz CT molecular complexity index is 856. The van der Waals surface area contributed by atoms with Crippen molar-refractivity contribution in [2.24, 2.45) is 17.8 Å². The summed E-state index contributed by atoms with van der Waals surface area (Å²) in [7, 11) is 0. The molecular weight excluding hydrogens is 400 g/mol. The summed E-state index contributed by atoms with van der Waals surface area (Å²) in [5.74, 6) is 0.644. The average molecular weight is 431 g/mol. The minimum atomic E-state index is -0.595. The molecule has 0 unspecified atom stereocenters. The maximum absolute atomic E-state index is 12.5. The number of fused-ring (bicyclic) bond motifs is 1. The molecule has 2 aliphatic heterocycles. The molecule has 1 N–H and O–H groups in total. The van der Waals surface area contributed by atoms with Gasteiger partial charge in [-0.15, -0.1) is 0 Å². The normalized spacial score (nSPS) is 27.7. The maximum atomic E-state index is 12.5. The highest BCUT2D eigenvalue weighted by Crippen LogP contribution is 2.36. The lowest BCUT2D eigenvalue weighted by atomic mass is 9.78. The summed E-state index contributed by atoms with van der Waals surface area (Å²) in [4.78, 5) is 38.8. The van der Waals surface area contributed by atoms with E-state index in [0.29, 0.717) is 42.2 Å². The molecule has 2 heterocycles. The zero-order chi connectivity index (χ0) is 22.0. The molecule has 0 spiro atoms. The van der Waals surface area contributed by atoms with Gasteiger partial charge in [0.05, 0.1) is 5.92 Å². The van der Waals surface area contributed by atoms with Gasteiger partial charge in [0.1, 0.15) is 13.2 Å². The van der Waals surface area contributed by atoms with Crippen molar-refractivity contribution >= 4 is 23.5 Å². The number of anilines is 1. The molecule has 1 saturated heterocycles.